The molecule has 10 heteroatoms. The van der Waals surface area contributed by atoms with E-state index >= 15 is 0 Å². The second-order valence-corrected chi connectivity index (χ2v) is 11.0. The summed E-state index contributed by atoms with van der Waals surface area (Å²) in [6, 6.07) is 22.2. The highest BCUT2D eigenvalue weighted by molar-refractivity contribution is 7.92. The molecule has 0 bridgehead atoms. The van der Waals surface area contributed by atoms with Crippen LogP contribution in [-0.2, 0) is 16.6 Å². The summed E-state index contributed by atoms with van der Waals surface area (Å²) in [7, 11) is -4.05. The summed E-state index contributed by atoms with van der Waals surface area (Å²) in [6.07, 6.45) is 3.64. The van der Waals surface area contributed by atoms with E-state index in [1.54, 1.807) is 24.3 Å². The largest absolute Gasteiger partial charge is 0.346 e. The lowest BCUT2D eigenvalue weighted by molar-refractivity contribution is 0.292. The summed E-state index contributed by atoms with van der Waals surface area (Å²) < 4.78 is 43.8. The van der Waals surface area contributed by atoms with Gasteiger partial charge in [-0.15, -0.1) is 0 Å². The van der Waals surface area contributed by atoms with Crippen molar-refractivity contribution in [2.75, 3.05) is 29.7 Å². The zero-order valence-corrected chi connectivity index (χ0v) is 23.2. The van der Waals surface area contributed by atoms with Gasteiger partial charge < -0.3 is 14.8 Å². The van der Waals surface area contributed by atoms with Gasteiger partial charge in [-0.1, -0.05) is 32.0 Å². The molecule has 5 rings (SSSR count). The van der Waals surface area contributed by atoms with Crippen LogP contribution in [0.3, 0.4) is 0 Å². The molecule has 0 aliphatic carbocycles. The molecule has 0 saturated heterocycles. The van der Waals surface area contributed by atoms with Crippen molar-refractivity contribution >= 4 is 38.1 Å². The van der Waals surface area contributed by atoms with Gasteiger partial charge in [0.2, 0.25) is 0 Å². The van der Waals surface area contributed by atoms with Crippen LogP contribution in [0.1, 0.15) is 13.8 Å². The predicted octanol–water partition coefficient (Wildman–Crippen LogP) is 6.12. The van der Waals surface area contributed by atoms with Crippen LogP contribution in [0.5, 0.6) is 0 Å². The van der Waals surface area contributed by atoms with Crippen molar-refractivity contribution in [2.45, 2.75) is 25.3 Å². The van der Waals surface area contributed by atoms with Crippen molar-refractivity contribution in [3.63, 3.8) is 0 Å². The Kier molecular flexibility index (Phi) is 8.09. The summed E-state index contributed by atoms with van der Waals surface area (Å²) in [5.74, 6) is -0.207. The van der Waals surface area contributed by atoms with Gasteiger partial charge in [-0.05, 0) is 67.7 Å². The smallest absolute Gasteiger partial charge is 0.264 e. The molecule has 0 atom stereocenters. The highest BCUT2D eigenvalue weighted by Gasteiger charge is 2.18. The fourth-order valence-electron chi connectivity index (χ4n) is 4.57. The zero-order valence-electron chi connectivity index (χ0n) is 22.4. The molecular formula is C30H31FN6O2S. The Morgan fingerprint density at radius 1 is 0.900 bits per heavy atom. The molecule has 2 heterocycles. The molecule has 206 valence electrons. The van der Waals surface area contributed by atoms with E-state index < -0.39 is 20.7 Å². The standard InChI is InChI=1S/C30H31FN6O2S/c1-3-36(4-2)17-18-37-16-15-23-19-22(9-14-28(23)37)27-20-30(33-21-32-27)34-24-10-12-25(13-11-24)35-40(38,39)29-8-6-5-7-26(29)31/h5-16,19-21,35H,3-4,17-18H2,1-2H3,(H,32,33,34). The van der Waals surface area contributed by atoms with E-state index in [-0.39, 0.29) is 0 Å². The van der Waals surface area contributed by atoms with Crippen LogP contribution in [0, 0.1) is 5.82 Å². The lowest BCUT2D eigenvalue weighted by Crippen LogP contribution is -2.26. The highest BCUT2D eigenvalue weighted by Crippen LogP contribution is 2.27. The number of halogens is 1. The zero-order chi connectivity index (χ0) is 28.1. The van der Waals surface area contributed by atoms with Crippen LogP contribution in [0.4, 0.5) is 21.6 Å². The second-order valence-electron chi connectivity index (χ2n) is 9.34. The molecule has 5 aromatic rings. The third-order valence-electron chi connectivity index (χ3n) is 6.82. The molecule has 8 nitrogen and oxygen atoms in total. The van der Waals surface area contributed by atoms with E-state index in [1.165, 1.54) is 30.0 Å². The van der Waals surface area contributed by atoms with Gasteiger partial charge in [0.25, 0.3) is 10.0 Å². The van der Waals surface area contributed by atoms with E-state index in [1.807, 2.05) is 6.07 Å². The van der Waals surface area contributed by atoms with E-state index in [0.717, 1.165) is 48.9 Å². The molecule has 0 fully saturated rings. The third kappa shape index (κ3) is 6.13. The molecule has 0 aliphatic heterocycles. The molecule has 2 N–H and O–H groups in total. The molecule has 40 heavy (non-hydrogen) atoms. The first kappa shape index (κ1) is 27.3. The average Bonchev–Trinajstić information content (AvgIpc) is 3.37. The van der Waals surface area contributed by atoms with E-state index in [0.29, 0.717) is 17.2 Å². The number of nitrogens with zero attached hydrogens (tertiary/aromatic N) is 4. The van der Waals surface area contributed by atoms with Gasteiger partial charge in [0.05, 0.1) is 5.69 Å². The van der Waals surface area contributed by atoms with Crippen LogP contribution < -0.4 is 10.0 Å². The van der Waals surface area contributed by atoms with Crippen molar-refractivity contribution in [3.8, 4) is 11.3 Å². The number of rotatable bonds is 11. The Morgan fingerprint density at radius 3 is 2.40 bits per heavy atom. The number of nitrogens with one attached hydrogen (secondary N) is 2. The van der Waals surface area contributed by atoms with Crippen molar-refractivity contribution < 1.29 is 12.8 Å². The summed E-state index contributed by atoms with van der Waals surface area (Å²) in [6.45, 7) is 8.41. The number of sulfonamides is 1. The quantitative estimate of drug-likeness (QED) is 0.203. The lowest BCUT2D eigenvalue weighted by atomic mass is 10.1. The van der Waals surface area contributed by atoms with Gasteiger partial charge >= 0.3 is 0 Å². The molecule has 0 saturated carbocycles. The van der Waals surface area contributed by atoms with Gasteiger partial charge in [0, 0.05) is 53.2 Å². The van der Waals surface area contributed by atoms with Gasteiger partial charge in [0.15, 0.2) is 0 Å². The molecular weight excluding hydrogens is 527 g/mol. The third-order valence-corrected chi connectivity index (χ3v) is 8.24. The van der Waals surface area contributed by atoms with Crippen molar-refractivity contribution in [3.05, 3.63) is 97.2 Å². The molecule has 0 spiro atoms. The first-order valence-corrected chi connectivity index (χ1v) is 14.6. The van der Waals surface area contributed by atoms with Gasteiger partial charge in [-0.3, -0.25) is 4.72 Å². The van der Waals surface area contributed by atoms with Crippen molar-refractivity contribution in [1.82, 2.24) is 19.4 Å². The van der Waals surface area contributed by atoms with Crippen molar-refractivity contribution in [2.24, 2.45) is 0 Å². The summed E-state index contributed by atoms with van der Waals surface area (Å²) in [4.78, 5) is 10.8. The molecule has 0 unspecified atom stereocenters. The van der Waals surface area contributed by atoms with Crippen LogP contribution >= 0.6 is 0 Å². The maximum Gasteiger partial charge on any atom is 0.264 e. The molecule has 2 aromatic heterocycles. The fourth-order valence-corrected chi connectivity index (χ4v) is 5.71. The first-order valence-electron chi connectivity index (χ1n) is 13.1. The Labute approximate surface area is 233 Å². The molecule has 0 aliphatic rings. The first-order chi connectivity index (χ1) is 19.4. The van der Waals surface area contributed by atoms with Gasteiger partial charge in [0.1, 0.15) is 22.9 Å². The van der Waals surface area contributed by atoms with Crippen LogP contribution in [0.15, 0.2) is 96.3 Å². The minimum Gasteiger partial charge on any atom is -0.346 e. The van der Waals surface area contributed by atoms with Crippen LogP contribution in [-0.4, -0.2) is 47.5 Å². The normalized spacial score (nSPS) is 11.7. The second kappa shape index (κ2) is 11.8. The minimum atomic E-state index is -4.05. The van der Waals surface area contributed by atoms with E-state index in [2.05, 4.69) is 73.8 Å². The monoisotopic (exact) mass is 558 g/mol. The molecule has 0 amide bonds. The Hall–Kier alpha value is -4.28. The number of hydrogen-bond acceptors (Lipinski definition) is 6. The Bertz CT molecular complexity index is 1720. The Balaban J connectivity index is 1.28. The van der Waals surface area contributed by atoms with Crippen molar-refractivity contribution in [1.29, 1.82) is 0 Å². The fraction of sp³-hybridized carbons (Fsp3) is 0.200. The number of hydrogen-bond donors (Lipinski definition) is 2. The minimum absolute atomic E-state index is 0.314. The molecule has 0 radical (unpaired) electrons. The number of anilines is 3. The van der Waals surface area contributed by atoms with E-state index in [4.69, 9.17) is 0 Å². The van der Waals surface area contributed by atoms with Gasteiger partial charge in [-0.2, -0.15) is 0 Å². The number of benzene rings is 3. The summed E-state index contributed by atoms with van der Waals surface area (Å²) in [5.41, 5.74) is 3.98. The predicted molar refractivity (Wildman–Crippen MR) is 158 cm³/mol. The highest BCUT2D eigenvalue weighted by atomic mass is 32.2. The number of aromatic nitrogens is 3. The van der Waals surface area contributed by atoms with E-state index in [9.17, 15) is 12.8 Å². The number of likely N-dealkylation sites (N-methyl/N-ethyl adjacent to an activating group) is 1. The maximum absolute atomic E-state index is 14.0. The topological polar surface area (TPSA) is 92.2 Å². The average molecular weight is 559 g/mol. The van der Waals surface area contributed by atoms with Crippen LogP contribution in [0.2, 0.25) is 0 Å². The Morgan fingerprint density at radius 2 is 1.65 bits per heavy atom. The maximum atomic E-state index is 14.0. The lowest BCUT2D eigenvalue weighted by Gasteiger charge is -2.18. The summed E-state index contributed by atoms with van der Waals surface area (Å²) in [5, 5.41) is 4.38. The molecule has 3 aromatic carbocycles. The SMILES string of the molecule is CCN(CC)CCn1ccc2cc(-c3cc(Nc4ccc(NS(=O)(=O)c5ccccc5F)cc4)ncn3)ccc21. The van der Waals surface area contributed by atoms with Crippen LogP contribution in [0.25, 0.3) is 22.2 Å². The number of fused-ring (bicyclic) bond motifs is 1. The van der Waals surface area contributed by atoms with Gasteiger partial charge in [-0.25, -0.2) is 22.8 Å². The summed E-state index contributed by atoms with van der Waals surface area (Å²) >= 11 is 0.